The van der Waals surface area contributed by atoms with Crippen molar-refractivity contribution >= 4 is 50.9 Å². The molecular formula is C28H28BrClN2O4S. The molecule has 0 radical (unpaired) electrons. The average molecular weight is 604 g/mol. The first-order chi connectivity index (χ1) is 17.7. The zero-order chi connectivity index (χ0) is 26.7. The van der Waals surface area contributed by atoms with Crippen LogP contribution in [0.4, 0.5) is 0 Å². The molecule has 0 spiro atoms. The van der Waals surface area contributed by atoms with E-state index in [1.165, 1.54) is 11.3 Å². The van der Waals surface area contributed by atoms with Crippen molar-refractivity contribution in [2.24, 2.45) is 4.99 Å². The van der Waals surface area contributed by atoms with E-state index in [4.69, 9.17) is 21.1 Å². The van der Waals surface area contributed by atoms with Crippen molar-refractivity contribution in [1.82, 2.24) is 4.57 Å². The fraction of sp³-hybridized carbons (Fsp3) is 0.321. The van der Waals surface area contributed by atoms with Crippen molar-refractivity contribution < 1.29 is 14.3 Å². The maximum atomic E-state index is 13.9. The molecule has 0 bridgehead atoms. The van der Waals surface area contributed by atoms with Gasteiger partial charge in [0.1, 0.15) is 5.75 Å². The van der Waals surface area contributed by atoms with Gasteiger partial charge in [-0.1, -0.05) is 64.3 Å². The van der Waals surface area contributed by atoms with E-state index in [1.807, 2.05) is 36.4 Å². The summed E-state index contributed by atoms with van der Waals surface area (Å²) in [6.45, 7) is 8.05. The van der Waals surface area contributed by atoms with Crippen LogP contribution in [-0.4, -0.2) is 23.2 Å². The molecule has 194 valence electrons. The number of hydrogen-bond donors (Lipinski definition) is 0. The number of carbonyl (C=O) groups excluding carboxylic acids is 1. The van der Waals surface area contributed by atoms with Gasteiger partial charge in [-0.3, -0.25) is 9.36 Å². The molecular weight excluding hydrogens is 576 g/mol. The summed E-state index contributed by atoms with van der Waals surface area (Å²) in [4.78, 5) is 32.2. The lowest BCUT2D eigenvalue weighted by Crippen LogP contribution is -2.40. The number of fused-ring (bicyclic) bond motifs is 1. The predicted molar refractivity (Wildman–Crippen MR) is 151 cm³/mol. The van der Waals surface area contributed by atoms with Gasteiger partial charge in [0.25, 0.3) is 5.56 Å². The van der Waals surface area contributed by atoms with E-state index in [1.54, 1.807) is 37.5 Å². The van der Waals surface area contributed by atoms with Crippen molar-refractivity contribution in [2.75, 3.05) is 6.61 Å². The number of allylic oxidation sites excluding steroid dienone is 1. The van der Waals surface area contributed by atoms with Crippen molar-refractivity contribution in [1.29, 1.82) is 0 Å². The molecule has 9 heteroatoms. The van der Waals surface area contributed by atoms with Gasteiger partial charge in [-0.25, -0.2) is 9.79 Å². The smallest absolute Gasteiger partial charge is 0.338 e. The number of hydrogen-bond acceptors (Lipinski definition) is 6. The Labute approximate surface area is 233 Å². The maximum absolute atomic E-state index is 13.9. The molecule has 2 heterocycles. The van der Waals surface area contributed by atoms with Gasteiger partial charge in [0, 0.05) is 15.1 Å². The Kier molecular flexibility index (Phi) is 8.72. The van der Waals surface area contributed by atoms with Gasteiger partial charge in [0.05, 0.1) is 34.6 Å². The quantitative estimate of drug-likeness (QED) is 0.242. The number of nitrogens with zero attached hydrogens (tertiary/aromatic N) is 2. The number of esters is 1. The second kappa shape index (κ2) is 11.8. The van der Waals surface area contributed by atoms with Gasteiger partial charge in [-0.15, -0.1) is 0 Å². The molecule has 37 heavy (non-hydrogen) atoms. The molecule has 6 nitrogen and oxygen atoms in total. The maximum Gasteiger partial charge on any atom is 0.338 e. The van der Waals surface area contributed by atoms with E-state index >= 15 is 0 Å². The highest BCUT2D eigenvalue weighted by atomic mass is 79.9. The average Bonchev–Trinajstić information content (AvgIpc) is 3.14. The minimum absolute atomic E-state index is 0.245. The molecule has 1 atom stereocenters. The van der Waals surface area contributed by atoms with E-state index in [9.17, 15) is 9.59 Å². The standard InChI is InChI=1S/C28H28BrClN2O4S/c1-5-6-13-35-22-12-9-20(29)14-19(22)15-23-26(33)32-25(18-7-10-21(30)11-8-18)24(27(34)36-16(2)3)17(4)31-28(32)37-23/h7-12,14-16,25H,5-6,13H2,1-4H3. The highest BCUT2D eigenvalue weighted by Crippen LogP contribution is 2.32. The minimum atomic E-state index is -0.690. The van der Waals surface area contributed by atoms with Crippen LogP contribution in [0.3, 0.4) is 0 Å². The summed E-state index contributed by atoms with van der Waals surface area (Å²) in [6.07, 6.45) is 3.47. The first kappa shape index (κ1) is 27.4. The van der Waals surface area contributed by atoms with Crippen molar-refractivity contribution in [3.63, 3.8) is 0 Å². The van der Waals surface area contributed by atoms with Crippen LogP contribution < -0.4 is 19.6 Å². The Morgan fingerprint density at radius 2 is 1.97 bits per heavy atom. The molecule has 0 N–H and O–H groups in total. The third kappa shape index (κ3) is 6.08. The largest absolute Gasteiger partial charge is 0.493 e. The molecule has 1 aromatic heterocycles. The Hall–Kier alpha value is -2.68. The molecule has 1 aliphatic heterocycles. The summed E-state index contributed by atoms with van der Waals surface area (Å²) in [6, 6.07) is 12.2. The molecule has 2 aromatic carbocycles. The highest BCUT2D eigenvalue weighted by Gasteiger charge is 2.33. The van der Waals surface area contributed by atoms with Crippen LogP contribution in [0.25, 0.3) is 6.08 Å². The fourth-order valence-corrected chi connectivity index (χ4v) is 5.59. The summed E-state index contributed by atoms with van der Waals surface area (Å²) in [5.41, 5.74) is 2.14. The summed E-state index contributed by atoms with van der Waals surface area (Å²) in [7, 11) is 0. The van der Waals surface area contributed by atoms with E-state index in [0.717, 1.165) is 28.4 Å². The second-order valence-electron chi connectivity index (χ2n) is 8.97. The second-order valence-corrected chi connectivity index (χ2v) is 11.3. The summed E-state index contributed by atoms with van der Waals surface area (Å²) in [5.74, 6) is 0.207. The van der Waals surface area contributed by atoms with Crippen LogP contribution in [0.5, 0.6) is 5.75 Å². The van der Waals surface area contributed by atoms with E-state index in [0.29, 0.717) is 38.0 Å². The molecule has 0 saturated heterocycles. The Bertz CT molecular complexity index is 1520. The SMILES string of the molecule is CCCCOc1ccc(Br)cc1C=c1sc2n(c1=O)C(c1ccc(Cl)cc1)C(C(=O)OC(C)C)=C(C)N=2. The number of aromatic nitrogens is 1. The fourth-order valence-electron chi connectivity index (χ4n) is 4.05. The molecule has 0 fully saturated rings. The molecule has 1 unspecified atom stereocenters. The van der Waals surface area contributed by atoms with Gasteiger partial charge in [0.15, 0.2) is 4.80 Å². The zero-order valence-corrected chi connectivity index (χ0v) is 24.2. The monoisotopic (exact) mass is 602 g/mol. The number of unbranched alkanes of at least 4 members (excludes halogenated alkanes) is 1. The van der Waals surface area contributed by atoms with Crippen LogP contribution in [0.2, 0.25) is 5.02 Å². The molecule has 0 amide bonds. The third-order valence-electron chi connectivity index (χ3n) is 5.78. The number of ether oxygens (including phenoxy) is 2. The van der Waals surface area contributed by atoms with Crippen LogP contribution in [-0.2, 0) is 9.53 Å². The third-order valence-corrected chi connectivity index (χ3v) is 7.51. The van der Waals surface area contributed by atoms with Crippen LogP contribution >= 0.6 is 38.9 Å². The van der Waals surface area contributed by atoms with Gasteiger partial charge >= 0.3 is 5.97 Å². The first-order valence-corrected chi connectivity index (χ1v) is 14.1. The van der Waals surface area contributed by atoms with E-state index in [-0.39, 0.29) is 11.7 Å². The van der Waals surface area contributed by atoms with Crippen molar-refractivity contribution in [3.8, 4) is 5.75 Å². The Balaban J connectivity index is 1.89. The minimum Gasteiger partial charge on any atom is -0.493 e. The van der Waals surface area contributed by atoms with Crippen LogP contribution in [0.15, 0.2) is 68.0 Å². The normalized spacial score (nSPS) is 15.5. The van der Waals surface area contributed by atoms with E-state index < -0.39 is 12.0 Å². The first-order valence-electron chi connectivity index (χ1n) is 12.1. The Morgan fingerprint density at radius 1 is 1.24 bits per heavy atom. The lowest BCUT2D eigenvalue weighted by atomic mass is 9.96. The molecule has 1 aliphatic rings. The number of rotatable bonds is 8. The molecule has 3 aromatic rings. The molecule has 4 rings (SSSR count). The van der Waals surface area contributed by atoms with Crippen molar-refractivity contribution in [2.45, 2.75) is 52.7 Å². The Morgan fingerprint density at radius 3 is 2.65 bits per heavy atom. The molecule has 0 aliphatic carbocycles. The molecule has 0 saturated carbocycles. The summed E-state index contributed by atoms with van der Waals surface area (Å²) >= 11 is 10.9. The van der Waals surface area contributed by atoms with Gasteiger partial charge in [0.2, 0.25) is 0 Å². The van der Waals surface area contributed by atoms with Crippen LogP contribution in [0.1, 0.15) is 57.7 Å². The predicted octanol–water partition coefficient (Wildman–Crippen LogP) is 5.78. The zero-order valence-electron chi connectivity index (χ0n) is 21.1. The van der Waals surface area contributed by atoms with Gasteiger partial charge < -0.3 is 9.47 Å². The summed E-state index contributed by atoms with van der Waals surface area (Å²) in [5, 5.41) is 0.563. The lowest BCUT2D eigenvalue weighted by molar-refractivity contribution is -0.143. The lowest BCUT2D eigenvalue weighted by Gasteiger charge is -2.25. The number of benzene rings is 2. The van der Waals surface area contributed by atoms with Gasteiger partial charge in [-0.2, -0.15) is 0 Å². The van der Waals surface area contributed by atoms with E-state index in [2.05, 4.69) is 27.8 Å². The number of halogens is 2. The highest BCUT2D eigenvalue weighted by molar-refractivity contribution is 9.10. The van der Waals surface area contributed by atoms with Crippen molar-refractivity contribution in [3.05, 3.63) is 94.0 Å². The van der Waals surface area contributed by atoms with Crippen LogP contribution in [0, 0.1) is 0 Å². The van der Waals surface area contributed by atoms with Gasteiger partial charge in [-0.05, 0) is 69.2 Å². The number of thiazole rings is 1. The summed E-state index contributed by atoms with van der Waals surface area (Å²) < 4.78 is 14.5. The topological polar surface area (TPSA) is 69.9 Å². The number of carbonyl (C=O) groups is 1.